The zero-order valence-electron chi connectivity index (χ0n) is 14.0. The molecule has 1 saturated heterocycles. The van der Waals surface area contributed by atoms with Crippen molar-refractivity contribution >= 4 is 0 Å². The topological polar surface area (TPSA) is 44.7 Å². The fraction of sp³-hybridized carbons (Fsp3) is 0.667. The Morgan fingerprint density at radius 2 is 2.23 bits per heavy atom. The summed E-state index contributed by atoms with van der Waals surface area (Å²) in [5, 5.41) is 14.3. The van der Waals surface area contributed by atoms with Gasteiger partial charge in [-0.3, -0.25) is 0 Å². The van der Waals surface area contributed by atoms with Gasteiger partial charge in [-0.25, -0.2) is 0 Å². The van der Waals surface area contributed by atoms with Crippen molar-refractivity contribution in [3.63, 3.8) is 0 Å². The summed E-state index contributed by atoms with van der Waals surface area (Å²) >= 11 is 0. The summed E-state index contributed by atoms with van der Waals surface area (Å²) in [7, 11) is 2.07. The number of hydrogen-bond acceptors (Lipinski definition) is 4. The predicted octanol–water partition coefficient (Wildman–Crippen LogP) is 2.17. The summed E-state index contributed by atoms with van der Waals surface area (Å²) in [6, 6.07) is 4.68. The van der Waals surface area contributed by atoms with E-state index in [2.05, 4.69) is 43.2 Å². The number of β-amino-alcohol motifs (C(OH)–C–C–N with tert-alkyl or cyclic N) is 1. The molecule has 2 N–H and O–H groups in total. The molecule has 0 saturated carbocycles. The fourth-order valence-electron chi connectivity index (χ4n) is 3.79. The molecule has 22 heavy (non-hydrogen) atoms. The van der Waals surface area contributed by atoms with Crippen molar-refractivity contribution in [2.45, 2.75) is 44.8 Å². The van der Waals surface area contributed by atoms with Crippen LogP contribution >= 0.6 is 0 Å². The number of likely N-dealkylation sites (tertiary alicyclic amines) is 1. The van der Waals surface area contributed by atoms with E-state index in [9.17, 15) is 5.11 Å². The molecule has 2 aliphatic heterocycles. The first-order valence-electron chi connectivity index (χ1n) is 8.35. The summed E-state index contributed by atoms with van der Waals surface area (Å²) in [5.74, 6) is 1.04. The molecule has 1 aromatic rings. The molecule has 1 aromatic carbocycles. The average molecular weight is 304 g/mol. The third-order valence-corrected chi connectivity index (χ3v) is 4.91. The summed E-state index contributed by atoms with van der Waals surface area (Å²) in [6.07, 6.45) is 2.95. The van der Waals surface area contributed by atoms with Gasteiger partial charge in [-0.2, -0.15) is 0 Å². The maximum absolute atomic E-state index is 10.7. The van der Waals surface area contributed by atoms with Crippen LogP contribution in [0.15, 0.2) is 12.1 Å². The van der Waals surface area contributed by atoms with Crippen molar-refractivity contribution in [3.8, 4) is 5.75 Å². The van der Waals surface area contributed by atoms with Crippen LogP contribution in [-0.4, -0.2) is 48.9 Å². The first kappa shape index (κ1) is 15.8. The highest BCUT2D eigenvalue weighted by Gasteiger charge is 2.35. The van der Waals surface area contributed by atoms with Gasteiger partial charge < -0.3 is 20.1 Å². The lowest BCUT2D eigenvalue weighted by atomic mass is 9.96. The Morgan fingerprint density at radius 1 is 1.41 bits per heavy atom. The Balaban J connectivity index is 1.77. The Bertz CT molecular complexity index is 546. The molecule has 0 spiro atoms. The number of hydrogen-bond donors (Lipinski definition) is 2. The number of aliphatic hydroxyl groups is 1. The molecular weight excluding hydrogens is 276 g/mol. The minimum Gasteiger partial charge on any atom is -0.493 e. The summed E-state index contributed by atoms with van der Waals surface area (Å²) < 4.78 is 5.97. The molecule has 122 valence electrons. The SMILES string of the molecule is Cc1cc(C)c2c(c1)[C@H](NC[C@]1(O)CCN(C)C1)CCCO2. The number of nitrogens with one attached hydrogen (secondary N) is 1. The van der Waals surface area contributed by atoms with Gasteiger partial charge in [0.2, 0.25) is 0 Å². The van der Waals surface area contributed by atoms with Gasteiger partial charge in [0, 0.05) is 31.2 Å². The van der Waals surface area contributed by atoms with Crippen LogP contribution in [0.3, 0.4) is 0 Å². The summed E-state index contributed by atoms with van der Waals surface area (Å²) in [5.41, 5.74) is 3.14. The molecular formula is C18H28N2O2. The first-order valence-corrected chi connectivity index (χ1v) is 8.35. The normalized spacial score (nSPS) is 29.0. The number of benzene rings is 1. The van der Waals surface area contributed by atoms with Crippen LogP contribution in [0.1, 0.15) is 42.0 Å². The molecule has 2 aliphatic rings. The molecule has 0 aliphatic carbocycles. The second-order valence-corrected chi connectivity index (χ2v) is 7.14. The van der Waals surface area contributed by atoms with Crippen LogP contribution < -0.4 is 10.1 Å². The quantitative estimate of drug-likeness (QED) is 0.898. The zero-order chi connectivity index (χ0) is 15.7. The van der Waals surface area contributed by atoms with E-state index >= 15 is 0 Å². The zero-order valence-corrected chi connectivity index (χ0v) is 14.0. The van der Waals surface area contributed by atoms with E-state index in [0.29, 0.717) is 6.54 Å². The van der Waals surface area contributed by atoms with E-state index in [0.717, 1.165) is 44.7 Å². The van der Waals surface area contributed by atoms with Crippen LogP contribution in [-0.2, 0) is 0 Å². The Morgan fingerprint density at radius 3 is 2.95 bits per heavy atom. The van der Waals surface area contributed by atoms with Crippen LogP contribution in [0.2, 0.25) is 0 Å². The van der Waals surface area contributed by atoms with E-state index in [1.807, 2.05) is 0 Å². The van der Waals surface area contributed by atoms with Gasteiger partial charge in [-0.1, -0.05) is 17.7 Å². The van der Waals surface area contributed by atoms with Crippen molar-refractivity contribution in [3.05, 3.63) is 28.8 Å². The number of aryl methyl sites for hydroxylation is 2. The lowest BCUT2D eigenvalue weighted by molar-refractivity contribution is 0.0486. The number of rotatable bonds is 3. The number of ether oxygens (including phenoxy) is 1. The van der Waals surface area contributed by atoms with E-state index in [-0.39, 0.29) is 6.04 Å². The van der Waals surface area contributed by atoms with Crippen LogP contribution in [0.25, 0.3) is 0 Å². The number of nitrogens with zero attached hydrogens (tertiary/aromatic N) is 1. The van der Waals surface area contributed by atoms with Crippen LogP contribution in [0.4, 0.5) is 0 Å². The molecule has 2 atom stereocenters. The molecule has 4 heteroatoms. The van der Waals surface area contributed by atoms with Gasteiger partial charge in [-0.15, -0.1) is 0 Å². The van der Waals surface area contributed by atoms with Crippen LogP contribution in [0.5, 0.6) is 5.75 Å². The molecule has 1 fully saturated rings. The standard InChI is InChI=1S/C18H28N2O2/c1-13-9-14(2)17-15(10-13)16(5-4-8-22-17)19-11-18(21)6-7-20(3)12-18/h9-10,16,19,21H,4-8,11-12H2,1-3H3/t16-,18-/m1/s1. The second kappa shape index (κ2) is 6.19. The third-order valence-electron chi connectivity index (χ3n) is 4.91. The highest BCUT2D eigenvalue weighted by Crippen LogP contribution is 2.35. The Hall–Kier alpha value is -1.10. The average Bonchev–Trinajstić information content (AvgIpc) is 2.68. The second-order valence-electron chi connectivity index (χ2n) is 7.14. The molecule has 0 unspecified atom stereocenters. The highest BCUT2D eigenvalue weighted by atomic mass is 16.5. The van der Waals surface area contributed by atoms with Gasteiger partial charge in [0.1, 0.15) is 5.75 Å². The molecule has 0 bridgehead atoms. The summed E-state index contributed by atoms with van der Waals surface area (Å²) in [4.78, 5) is 2.19. The third kappa shape index (κ3) is 3.29. The van der Waals surface area contributed by atoms with E-state index in [1.165, 1.54) is 16.7 Å². The van der Waals surface area contributed by atoms with Crippen molar-refractivity contribution in [2.75, 3.05) is 33.3 Å². The Labute approximate surface area is 133 Å². The number of fused-ring (bicyclic) bond motifs is 1. The van der Waals surface area contributed by atoms with Gasteiger partial charge in [0.05, 0.1) is 12.2 Å². The van der Waals surface area contributed by atoms with Gasteiger partial charge in [0.15, 0.2) is 0 Å². The molecule has 2 heterocycles. The van der Waals surface area contributed by atoms with Gasteiger partial charge in [0.25, 0.3) is 0 Å². The molecule has 0 aromatic heterocycles. The summed E-state index contributed by atoms with van der Waals surface area (Å²) in [6.45, 7) is 7.41. The highest BCUT2D eigenvalue weighted by molar-refractivity contribution is 5.46. The van der Waals surface area contributed by atoms with Gasteiger partial charge in [-0.05, 0) is 45.7 Å². The van der Waals surface area contributed by atoms with Crippen molar-refractivity contribution in [1.29, 1.82) is 0 Å². The maximum atomic E-state index is 10.7. The lowest BCUT2D eigenvalue weighted by Crippen LogP contribution is -2.43. The largest absolute Gasteiger partial charge is 0.493 e. The lowest BCUT2D eigenvalue weighted by Gasteiger charge is -2.27. The van der Waals surface area contributed by atoms with E-state index in [4.69, 9.17) is 4.74 Å². The molecule has 0 radical (unpaired) electrons. The van der Waals surface area contributed by atoms with E-state index < -0.39 is 5.60 Å². The molecule has 4 nitrogen and oxygen atoms in total. The van der Waals surface area contributed by atoms with Crippen molar-refractivity contribution in [1.82, 2.24) is 10.2 Å². The minimum atomic E-state index is -0.596. The monoisotopic (exact) mass is 304 g/mol. The maximum Gasteiger partial charge on any atom is 0.126 e. The van der Waals surface area contributed by atoms with Crippen molar-refractivity contribution in [2.24, 2.45) is 0 Å². The predicted molar refractivity (Wildman–Crippen MR) is 88.5 cm³/mol. The van der Waals surface area contributed by atoms with Crippen LogP contribution in [0, 0.1) is 13.8 Å². The molecule has 3 rings (SSSR count). The minimum absolute atomic E-state index is 0.269. The van der Waals surface area contributed by atoms with E-state index in [1.54, 1.807) is 0 Å². The first-order chi connectivity index (χ1) is 10.5. The Kier molecular flexibility index (Phi) is 4.44. The smallest absolute Gasteiger partial charge is 0.126 e. The van der Waals surface area contributed by atoms with Gasteiger partial charge >= 0.3 is 0 Å². The number of likely N-dealkylation sites (N-methyl/N-ethyl adjacent to an activating group) is 1. The van der Waals surface area contributed by atoms with Crippen molar-refractivity contribution < 1.29 is 9.84 Å². The fourth-order valence-corrected chi connectivity index (χ4v) is 3.79. The molecule has 0 amide bonds.